The molecule has 0 bridgehead atoms. The number of hydrogen-bond donors (Lipinski definition) is 0. The molecule has 0 aromatic rings. The van der Waals surface area contributed by atoms with Gasteiger partial charge in [0.15, 0.2) is 0 Å². The van der Waals surface area contributed by atoms with Gasteiger partial charge in [-0.3, -0.25) is 0 Å². The maximum absolute atomic E-state index is 2.40. The lowest BCUT2D eigenvalue weighted by Gasteiger charge is -2.26. The summed E-state index contributed by atoms with van der Waals surface area (Å²) >= 11 is 0. The van der Waals surface area contributed by atoms with Gasteiger partial charge in [-0.1, -0.05) is 30.7 Å². The first-order chi connectivity index (χ1) is 4.81. The lowest BCUT2D eigenvalue weighted by Crippen LogP contribution is -2.13. The summed E-state index contributed by atoms with van der Waals surface area (Å²) in [5.41, 5.74) is 2.25. The Bertz CT molecular complexity index is 198. The van der Waals surface area contributed by atoms with Crippen LogP contribution in [-0.2, 0) is 0 Å². The summed E-state index contributed by atoms with van der Waals surface area (Å²) in [5.74, 6) is 0. The summed E-state index contributed by atoms with van der Waals surface area (Å²) in [4.78, 5) is 0. The molecule has 0 N–H and O–H groups in total. The molecule has 0 heterocycles. The summed E-state index contributed by atoms with van der Waals surface area (Å²) in [6.45, 7) is 2.40. The predicted octanol–water partition coefficient (Wildman–Crippen LogP) is 3.06. The molecule has 1 fully saturated rings. The lowest BCUT2D eigenvalue weighted by molar-refractivity contribution is 0.412. The first-order valence-corrected chi connectivity index (χ1v) is 4.17. The summed E-state index contributed by atoms with van der Waals surface area (Å²) in [5, 5.41) is 0. The molecule has 0 aliphatic heterocycles. The Morgan fingerprint density at radius 2 is 2.40 bits per heavy atom. The van der Waals surface area contributed by atoms with Crippen LogP contribution in [0.1, 0.15) is 32.6 Å². The van der Waals surface area contributed by atoms with E-state index in [1.54, 1.807) is 5.57 Å². The fourth-order valence-corrected chi connectivity index (χ4v) is 2.16. The minimum Gasteiger partial charge on any atom is -0.0837 e. The highest BCUT2D eigenvalue weighted by Crippen LogP contribution is 2.46. The zero-order chi connectivity index (χ0) is 7.03. The van der Waals surface area contributed by atoms with Crippen molar-refractivity contribution in [2.75, 3.05) is 0 Å². The summed E-state index contributed by atoms with van der Waals surface area (Å²) in [6, 6.07) is 0. The van der Waals surface area contributed by atoms with Crippen LogP contribution in [-0.4, -0.2) is 0 Å². The van der Waals surface area contributed by atoms with Gasteiger partial charge in [-0.05, 0) is 31.1 Å². The van der Waals surface area contributed by atoms with E-state index in [0.717, 1.165) is 0 Å². The fourth-order valence-electron chi connectivity index (χ4n) is 2.16. The molecule has 0 aromatic heterocycles. The first kappa shape index (κ1) is 6.21. The van der Waals surface area contributed by atoms with Gasteiger partial charge in [0, 0.05) is 0 Å². The van der Waals surface area contributed by atoms with Crippen molar-refractivity contribution in [3.8, 4) is 0 Å². The summed E-state index contributed by atoms with van der Waals surface area (Å²) in [6.07, 6.45) is 12.3. The molecular formula is C10H14. The van der Waals surface area contributed by atoms with Gasteiger partial charge in [-0.25, -0.2) is 0 Å². The number of allylic oxidation sites excluding steroid dienone is 4. The van der Waals surface area contributed by atoms with Gasteiger partial charge in [0.25, 0.3) is 0 Å². The molecule has 2 aliphatic carbocycles. The predicted molar refractivity (Wildman–Crippen MR) is 43.8 cm³/mol. The Labute approximate surface area is 62.6 Å². The third-order valence-electron chi connectivity index (χ3n) is 2.95. The Kier molecular flexibility index (Phi) is 1.23. The summed E-state index contributed by atoms with van der Waals surface area (Å²) in [7, 11) is 0. The molecule has 0 nitrogen and oxygen atoms in total. The Balaban J connectivity index is 2.34. The Morgan fingerprint density at radius 3 is 3.20 bits per heavy atom. The van der Waals surface area contributed by atoms with Crippen molar-refractivity contribution in [2.24, 2.45) is 5.41 Å². The molecule has 1 atom stereocenters. The molecule has 2 aliphatic rings. The largest absolute Gasteiger partial charge is 0.0837 e. The van der Waals surface area contributed by atoms with Crippen LogP contribution in [0.5, 0.6) is 0 Å². The Morgan fingerprint density at radius 1 is 1.50 bits per heavy atom. The molecule has 0 spiro atoms. The van der Waals surface area contributed by atoms with E-state index in [2.05, 4.69) is 25.2 Å². The first-order valence-electron chi connectivity index (χ1n) is 4.17. The highest BCUT2D eigenvalue weighted by molar-refractivity contribution is 5.28. The minimum absolute atomic E-state index is 0.564. The van der Waals surface area contributed by atoms with Gasteiger partial charge in [0.05, 0.1) is 0 Å². The van der Waals surface area contributed by atoms with Crippen molar-refractivity contribution < 1.29 is 0 Å². The smallest absolute Gasteiger partial charge is 0.00786 e. The van der Waals surface area contributed by atoms with Crippen LogP contribution in [0.4, 0.5) is 0 Å². The van der Waals surface area contributed by atoms with E-state index in [-0.39, 0.29) is 0 Å². The van der Waals surface area contributed by atoms with Crippen molar-refractivity contribution in [1.82, 2.24) is 0 Å². The van der Waals surface area contributed by atoms with Crippen molar-refractivity contribution in [3.63, 3.8) is 0 Å². The average molecular weight is 134 g/mol. The van der Waals surface area contributed by atoms with Crippen molar-refractivity contribution >= 4 is 0 Å². The maximum atomic E-state index is 2.40. The van der Waals surface area contributed by atoms with Crippen LogP contribution in [0.15, 0.2) is 23.8 Å². The van der Waals surface area contributed by atoms with Crippen LogP contribution in [0, 0.1) is 5.41 Å². The number of fused-ring (bicyclic) bond motifs is 1. The van der Waals surface area contributed by atoms with E-state index < -0.39 is 0 Å². The zero-order valence-corrected chi connectivity index (χ0v) is 6.56. The molecule has 0 saturated heterocycles. The van der Waals surface area contributed by atoms with Gasteiger partial charge in [-0.15, -0.1) is 0 Å². The van der Waals surface area contributed by atoms with E-state index in [9.17, 15) is 0 Å². The monoisotopic (exact) mass is 134 g/mol. The molecule has 0 heteroatoms. The molecule has 0 amide bonds. The molecule has 2 rings (SSSR count). The van der Waals surface area contributed by atoms with Crippen LogP contribution in [0.2, 0.25) is 0 Å². The zero-order valence-electron chi connectivity index (χ0n) is 6.56. The second-order valence-electron chi connectivity index (χ2n) is 3.74. The second-order valence-corrected chi connectivity index (χ2v) is 3.74. The van der Waals surface area contributed by atoms with E-state index >= 15 is 0 Å². The molecule has 0 unspecified atom stereocenters. The van der Waals surface area contributed by atoms with Crippen LogP contribution in [0.3, 0.4) is 0 Å². The maximum Gasteiger partial charge on any atom is -0.00786 e. The highest BCUT2D eigenvalue weighted by Gasteiger charge is 2.32. The van der Waals surface area contributed by atoms with E-state index in [1.807, 2.05) is 0 Å². The molecule has 54 valence electrons. The third kappa shape index (κ3) is 0.749. The van der Waals surface area contributed by atoms with Gasteiger partial charge >= 0.3 is 0 Å². The van der Waals surface area contributed by atoms with Crippen molar-refractivity contribution in [3.05, 3.63) is 23.8 Å². The van der Waals surface area contributed by atoms with Crippen molar-refractivity contribution in [1.29, 1.82) is 0 Å². The van der Waals surface area contributed by atoms with Gasteiger partial charge in [0.2, 0.25) is 0 Å². The molecule has 1 saturated carbocycles. The topological polar surface area (TPSA) is 0 Å². The van der Waals surface area contributed by atoms with Gasteiger partial charge in [-0.2, -0.15) is 0 Å². The normalized spacial score (nSPS) is 37.5. The quantitative estimate of drug-likeness (QED) is 0.477. The molecule has 10 heavy (non-hydrogen) atoms. The van der Waals surface area contributed by atoms with Crippen LogP contribution < -0.4 is 0 Å². The summed E-state index contributed by atoms with van der Waals surface area (Å²) < 4.78 is 0. The molecule has 0 aromatic carbocycles. The van der Waals surface area contributed by atoms with E-state index in [0.29, 0.717) is 5.41 Å². The fraction of sp³-hybridized carbons (Fsp3) is 0.600. The van der Waals surface area contributed by atoms with Crippen LogP contribution in [0.25, 0.3) is 0 Å². The van der Waals surface area contributed by atoms with Gasteiger partial charge < -0.3 is 0 Å². The van der Waals surface area contributed by atoms with Gasteiger partial charge in [0.1, 0.15) is 0 Å². The molecule has 0 radical (unpaired) electrons. The third-order valence-corrected chi connectivity index (χ3v) is 2.95. The number of hydrogen-bond acceptors (Lipinski definition) is 0. The van der Waals surface area contributed by atoms with Crippen molar-refractivity contribution in [2.45, 2.75) is 32.6 Å². The Hall–Kier alpha value is -0.520. The second kappa shape index (κ2) is 1.98. The molecular weight excluding hydrogens is 120 g/mol. The number of rotatable bonds is 0. The van der Waals surface area contributed by atoms with Crippen LogP contribution >= 0.6 is 0 Å². The lowest BCUT2D eigenvalue weighted by atomic mass is 9.79. The SMILES string of the molecule is C[C@]12CC=CC=C1CCC2. The standard InChI is InChI=1S/C10H14/c1-10-7-3-2-5-9(10)6-4-8-10/h2-3,5H,4,6-8H2,1H3/t10-/m1/s1. The minimum atomic E-state index is 0.564. The average Bonchev–Trinajstić information content (AvgIpc) is 2.29. The van der Waals surface area contributed by atoms with E-state index in [1.165, 1.54) is 25.7 Å². The van der Waals surface area contributed by atoms with E-state index in [4.69, 9.17) is 0 Å². The highest BCUT2D eigenvalue weighted by atomic mass is 14.4.